The van der Waals surface area contributed by atoms with Gasteiger partial charge in [0.1, 0.15) is 18.1 Å². The Morgan fingerprint density at radius 2 is 1.97 bits per heavy atom. The van der Waals surface area contributed by atoms with Crippen molar-refractivity contribution in [3.05, 3.63) is 78.2 Å². The van der Waals surface area contributed by atoms with Gasteiger partial charge in [0.05, 0.1) is 0 Å². The first-order chi connectivity index (χ1) is 14.1. The summed E-state index contributed by atoms with van der Waals surface area (Å²) in [6, 6.07) is 17.2. The number of anilines is 1. The molecular weight excluding hydrogens is 371 g/mol. The van der Waals surface area contributed by atoms with Gasteiger partial charge in [-0.25, -0.2) is 4.39 Å². The minimum Gasteiger partial charge on any atom is -0.334 e. The lowest BCUT2D eigenvalue weighted by Gasteiger charge is -2.09. The number of carbonyl (C=O) groups is 1. The highest BCUT2D eigenvalue weighted by molar-refractivity contribution is 5.90. The van der Waals surface area contributed by atoms with Crippen LogP contribution < -0.4 is 5.32 Å². The van der Waals surface area contributed by atoms with Gasteiger partial charge in [0.25, 0.3) is 5.89 Å². The van der Waals surface area contributed by atoms with Gasteiger partial charge in [-0.05, 0) is 60.5 Å². The molecule has 0 fully saturated rings. The zero-order chi connectivity index (χ0) is 20.2. The molecule has 0 saturated heterocycles. The number of nitrogens with zero attached hydrogens (tertiary/aromatic N) is 3. The topological polar surface area (TPSA) is 73.0 Å². The van der Waals surface area contributed by atoms with Gasteiger partial charge in [-0.3, -0.25) is 4.79 Å². The summed E-state index contributed by atoms with van der Waals surface area (Å²) in [6.07, 6.45) is 2.68. The van der Waals surface area contributed by atoms with E-state index in [2.05, 4.69) is 22.4 Å². The molecule has 2 heterocycles. The van der Waals surface area contributed by atoms with E-state index in [1.54, 1.807) is 29.0 Å². The molecule has 0 radical (unpaired) electrons. The Labute approximate surface area is 167 Å². The monoisotopic (exact) mass is 390 g/mol. The predicted molar refractivity (Wildman–Crippen MR) is 108 cm³/mol. The summed E-state index contributed by atoms with van der Waals surface area (Å²) >= 11 is 0. The summed E-state index contributed by atoms with van der Waals surface area (Å²) in [5.41, 5.74) is 3.19. The number of carbonyl (C=O) groups excluding carboxylic acids is 1. The van der Waals surface area contributed by atoms with E-state index in [-0.39, 0.29) is 24.2 Å². The van der Waals surface area contributed by atoms with E-state index >= 15 is 0 Å². The van der Waals surface area contributed by atoms with Gasteiger partial charge in [0.15, 0.2) is 0 Å². The minimum absolute atomic E-state index is 0.104. The third kappa shape index (κ3) is 4.24. The van der Waals surface area contributed by atoms with Crippen LogP contribution in [0.3, 0.4) is 0 Å². The third-order valence-corrected chi connectivity index (χ3v) is 4.51. The zero-order valence-corrected chi connectivity index (χ0v) is 15.8. The van der Waals surface area contributed by atoms with Crippen LogP contribution in [0.2, 0.25) is 0 Å². The maximum Gasteiger partial charge on any atom is 0.274 e. The molecule has 0 bridgehead atoms. The Bertz CT molecular complexity index is 1130. The highest BCUT2D eigenvalue weighted by Gasteiger charge is 2.15. The van der Waals surface area contributed by atoms with Crippen LogP contribution in [0.25, 0.3) is 23.0 Å². The quantitative estimate of drug-likeness (QED) is 0.524. The van der Waals surface area contributed by atoms with Crippen molar-refractivity contribution in [1.82, 2.24) is 14.7 Å². The maximum atomic E-state index is 13.1. The standard InChI is InChI=1S/C22H19FN4O2/c1-2-15-5-3-6-18(13-15)24-20(28)14-27-12-4-7-19(27)22-25-21(26-29-22)16-8-10-17(23)11-9-16/h3-13H,2,14H2,1H3,(H,24,28). The van der Waals surface area contributed by atoms with Crippen molar-refractivity contribution in [2.24, 2.45) is 0 Å². The van der Waals surface area contributed by atoms with Crippen molar-refractivity contribution in [3.63, 3.8) is 0 Å². The van der Waals surface area contributed by atoms with E-state index in [1.807, 2.05) is 30.3 Å². The largest absolute Gasteiger partial charge is 0.334 e. The summed E-state index contributed by atoms with van der Waals surface area (Å²) in [6.45, 7) is 2.17. The van der Waals surface area contributed by atoms with Crippen molar-refractivity contribution >= 4 is 11.6 Å². The molecule has 7 heteroatoms. The lowest BCUT2D eigenvalue weighted by Crippen LogP contribution is -2.18. The fraction of sp³-hybridized carbons (Fsp3) is 0.136. The summed E-state index contributed by atoms with van der Waals surface area (Å²) < 4.78 is 20.2. The predicted octanol–water partition coefficient (Wildman–Crippen LogP) is 4.55. The molecule has 0 aliphatic rings. The van der Waals surface area contributed by atoms with E-state index in [9.17, 15) is 9.18 Å². The van der Waals surface area contributed by atoms with Gasteiger partial charge in [0.2, 0.25) is 11.7 Å². The maximum absolute atomic E-state index is 13.1. The number of benzene rings is 2. The van der Waals surface area contributed by atoms with Crippen LogP contribution in [-0.4, -0.2) is 20.6 Å². The molecule has 0 aliphatic carbocycles. The number of halogens is 1. The van der Waals surface area contributed by atoms with E-state index < -0.39 is 0 Å². The second-order valence-electron chi connectivity index (χ2n) is 6.55. The molecule has 2 aromatic carbocycles. The molecule has 0 atom stereocenters. The molecule has 1 amide bonds. The molecule has 146 valence electrons. The molecule has 0 spiro atoms. The van der Waals surface area contributed by atoms with Gasteiger partial charge in [0, 0.05) is 17.4 Å². The Morgan fingerprint density at radius 3 is 2.76 bits per heavy atom. The van der Waals surface area contributed by atoms with Crippen LogP contribution in [0.15, 0.2) is 71.4 Å². The molecule has 0 unspecified atom stereocenters. The molecular formula is C22H19FN4O2. The van der Waals surface area contributed by atoms with Gasteiger partial charge in [-0.1, -0.05) is 24.2 Å². The molecule has 0 aliphatic heterocycles. The van der Waals surface area contributed by atoms with Gasteiger partial charge < -0.3 is 14.4 Å². The second-order valence-corrected chi connectivity index (χ2v) is 6.55. The second kappa shape index (κ2) is 8.10. The van der Waals surface area contributed by atoms with Gasteiger partial charge in [-0.15, -0.1) is 0 Å². The lowest BCUT2D eigenvalue weighted by molar-refractivity contribution is -0.116. The highest BCUT2D eigenvalue weighted by atomic mass is 19.1. The number of hydrogen-bond donors (Lipinski definition) is 1. The van der Waals surface area contributed by atoms with E-state index in [0.717, 1.165) is 17.7 Å². The number of aryl methyl sites for hydroxylation is 1. The fourth-order valence-electron chi connectivity index (χ4n) is 3.01. The van der Waals surface area contributed by atoms with Crippen LogP contribution in [0.1, 0.15) is 12.5 Å². The third-order valence-electron chi connectivity index (χ3n) is 4.51. The Kier molecular flexibility index (Phi) is 5.20. The van der Waals surface area contributed by atoms with Crippen molar-refractivity contribution in [3.8, 4) is 23.0 Å². The van der Waals surface area contributed by atoms with Crippen molar-refractivity contribution in [2.45, 2.75) is 19.9 Å². The normalized spacial score (nSPS) is 10.8. The smallest absolute Gasteiger partial charge is 0.274 e. The number of hydrogen-bond acceptors (Lipinski definition) is 4. The van der Waals surface area contributed by atoms with Crippen molar-refractivity contribution < 1.29 is 13.7 Å². The van der Waals surface area contributed by atoms with E-state index in [0.29, 0.717) is 17.1 Å². The molecule has 29 heavy (non-hydrogen) atoms. The highest BCUT2D eigenvalue weighted by Crippen LogP contribution is 2.23. The Balaban J connectivity index is 1.50. The lowest BCUT2D eigenvalue weighted by atomic mass is 10.1. The van der Waals surface area contributed by atoms with Gasteiger partial charge >= 0.3 is 0 Å². The van der Waals surface area contributed by atoms with Crippen molar-refractivity contribution in [1.29, 1.82) is 0 Å². The Hall–Kier alpha value is -3.74. The van der Waals surface area contributed by atoms with E-state index in [1.165, 1.54) is 12.1 Å². The van der Waals surface area contributed by atoms with E-state index in [4.69, 9.17) is 4.52 Å². The molecule has 0 saturated carbocycles. The summed E-state index contributed by atoms with van der Waals surface area (Å²) in [5.74, 6) is 0.152. The summed E-state index contributed by atoms with van der Waals surface area (Å²) in [4.78, 5) is 16.9. The molecule has 1 N–H and O–H groups in total. The van der Waals surface area contributed by atoms with Crippen LogP contribution in [0.5, 0.6) is 0 Å². The average Bonchev–Trinajstić information content (AvgIpc) is 3.38. The Morgan fingerprint density at radius 1 is 1.14 bits per heavy atom. The van der Waals surface area contributed by atoms with Crippen molar-refractivity contribution in [2.75, 3.05) is 5.32 Å². The molecule has 6 nitrogen and oxygen atoms in total. The molecule has 2 aromatic heterocycles. The first kappa shape index (κ1) is 18.6. The SMILES string of the molecule is CCc1cccc(NC(=O)Cn2cccc2-c2nc(-c3ccc(F)cc3)no2)c1. The zero-order valence-electron chi connectivity index (χ0n) is 15.8. The summed E-state index contributed by atoms with van der Waals surface area (Å²) in [5, 5.41) is 6.86. The number of nitrogens with one attached hydrogen (secondary N) is 1. The van der Waals surface area contributed by atoms with Crippen LogP contribution >= 0.6 is 0 Å². The first-order valence-electron chi connectivity index (χ1n) is 9.26. The fourth-order valence-corrected chi connectivity index (χ4v) is 3.01. The number of aromatic nitrogens is 3. The van der Waals surface area contributed by atoms with Crippen LogP contribution in [-0.2, 0) is 17.8 Å². The summed E-state index contributed by atoms with van der Waals surface area (Å²) in [7, 11) is 0. The van der Waals surface area contributed by atoms with Crippen LogP contribution in [0.4, 0.5) is 10.1 Å². The number of rotatable bonds is 6. The minimum atomic E-state index is -0.332. The number of amides is 1. The first-order valence-corrected chi connectivity index (χ1v) is 9.26. The molecule has 4 aromatic rings. The van der Waals surface area contributed by atoms with Gasteiger partial charge in [-0.2, -0.15) is 4.98 Å². The molecule has 4 rings (SSSR count). The average molecular weight is 390 g/mol. The van der Waals surface area contributed by atoms with Crippen LogP contribution in [0, 0.1) is 5.82 Å².